The van der Waals surface area contributed by atoms with Gasteiger partial charge in [-0.25, -0.2) is 0 Å². The smallest absolute Gasteiger partial charge is 0.118 e. The normalized spacial score (nSPS) is 12.5. The van der Waals surface area contributed by atoms with Crippen molar-refractivity contribution < 1.29 is 4.74 Å². The number of methoxy groups -OCH3 is 1. The Hall–Kier alpha value is -1.84. The summed E-state index contributed by atoms with van der Waals surface area (Å²) in [7, 11) is 1.69. The van der Waals surface area contributed by atoms with E-state index in [9.17, 15) is 0 Å². The largest absolute Gasteiger partial charge is 0.497 e. The molecule has 0 fully saturated rings. The van der Waals surface area contributed by atoms with Crippen molar-refractivity contribution in [1.82, 2.24) is 0 Å². The Labute approximate surface area is 129 Å². The van der Waals surface area contributed by atoms with Gasteiger partial charge in [0.05, 0.1) is 7.11 Å². The van der Waals surface area contributed by atoms with E-state index in [4.69, 9.17) is 10.5 Å². The van der Waals surface area contributed by atoms with Crippen LogP contribution >= 0.6 is 11.3 Å². The van der Waals surface area contributed by atoms with Crippen LogP contribution in [0.4, 0.5) is 0 Å². The topological polar surface area (TPSA) is 35.2 Å². The van der Waals surface area contributed by atoms with E-state index < -0.39 is 0 Å². The van der Waals surface area contributed by atoms with Crippen LogP contribution in [-0.2, 0) is 6.42 Å². The quantitative estimate of drug-likeness (QED) is 0.750. The van der Waals surface area contributed by atoms with Gasteiger partial charge in [0.2, 0.25) is 0 Å². The molecular weight excluding hydrogens is 278 g/mol. The second-order valence-corrected chi connectivity index (χ2v) is 6.30. The van der Waals surface area contributed by atoms with Crippen LogP contribution in [0.3, 0.4) is 0 Å². The van der Waals surface area contributed by atoms with Gasteiger partial charge in [-0.3, -0.25) is 0 Å². The molecule has 2 N–H and O–H groups in total. The van der Waals surface area contributed by atoms with E-state index in [1.54, 1.807) is 18.4 Å². The lowest BCUT2D eigenvalue weighted by Gasteiger charge is -2.09. The summed E-state index contributed by atoms with van der Waals surface area (Å²) in [5.41, 5.74) is 7.65. The molecule has 0 spiro atoms. The molecule has 0 aliphatic heterocycles. The third kappa shape index (κ3) is 3.26. The van der Waals surface area contributed by atoms with Gasteiger partial charge >= 0.3 is 0 Å². The molecule has 1 unspecified atom stereocenters. The van der Waals surface area contributed by atoms with Crippen molar-refractivity contribution in [2.45, 2.75) is 18.9 Å². The van der Waals surface area contributed by atoms with Crippen molar-refractivity contribution in [1.29, 1.82) is 0 Å². The van der Waals surface area contributed by atoms with Crippen LogP contribution in [0.2, 0.25) is 0 Å². The van der Waals surface area contributed by atoms with Gasteiger partial charge < -0.3 is 10.5 Å². The average Bonchev–Trinajstić information content (AvgIpc) is 2.97. The monoisotopic (exact) mass is 297 g/mol. The minimum Gasteiger partial charge on any atom is -0.497 e. The first-order valence-electron chi connectivity index (χ1n) is 7.13. The Morgan fingerprint density at radius 1 is 1.10 bits per heavy atom. The molecule has 1 heterocycles. The van der Waals surface area contributed by atoms with E-state index in [1.165, 1.54) is 20.5 Å². The molecular formula is C18H19NOS. The van der Waals surface area contributed by atoms with Crippen molar-refractivity contribution in [3.63, 3.8) is 0 Å². The summed E-state index contributed by atoms with van der Waals surface area (Å²) in [6.45, 7) is 0. The number of hydrogen-bond donors (Lipinski definition) is 1. The number of ether oxygens (including phenoxy) is 1. The van der Waals surface area contributed by atoms with Gasteiger partial charge in [-0.05, 0) is 48.1 Å². The number of benzene rings is 2. The number of aryl methyl sites for hydroxylation is 1. The molecule has 21 heavy (non-hydrogen) atoms. The maximum atomic E-state index is 6.35. The van der Waals surface area contributed by atoms with Gasteiger partial charge in [-0.2, -0.15) is 0 Å². The van der Waals surface area contributed by atoms with Gasteiger partial charge in [-0.1, -0.05) is 30.3 Å². The van der Waals surface area contributed by atoms with Crippen molar-refractivity contribution >= 4 is 21.4 Å². The van der Waals surface area contributed by atoms with Crippen LogP contribution in [0.25, 0.3) is 10.1 Å². The lowest BCUT2D eigenvalue weighted by atomic mass is 10.0. The second-order valence-electron chi connectivity index (χ2n) is 5.18. The molecule has 3 aromatic rings. The Morgan fingerprint density at radius 2 is 1.86 bits per heavy atom. The molecule has 0 aliphatic rings. The van der Waals surface area contributed by atoms with Gasteiger partial charge in [0.1, 0.15) is 5.75 Å². The summed E-state index contributed by atoms with van der Waals surface area (Å²) in [5.74, 6) is 0.896. The highest BCUT2D eigenvalue weighted by molar-refractivity contribution is 7.19. The zero-order chi connectivity index (χ0) is 14.7. The third-order valence-corrected chi connectivity index (χ3v) is 4.96. The van der Waals surface area contributed by atoms with Crippen molar-refractivity contribution in [3.05, 3.63) is 65.0 Å². The highest BCUT2D eigenvalue weighted by Crippen LogP contribution is 2.30. The van der Waals surface area contributed by atoms with Crippen molar-refractivity contribution in [2.24, 2.45) is 5.73 Å². The molecule has 0 saturated carbocycles. The SMILES string of the molecule is COc1ccc(CCC(N)c2cc3ccccc3s2)cc1. The molecule has 1 atom stereocenters. The summed E-state index contributed by atoms with van der Waals surface area (Å²) in [5, 5.41) is 1.29. The first kappa shape index (κ1) is 14.1. The fourth-order valence-corrected chi connectivity index (χ4v) is 3.54. The zero-order valence-corrected chi connectivity index (χ0v) is 12.9. The minimum atomic E-state index is 0.101. The molecule has 3 rings (SSSR count). The van der Waals surface area contributed by atoms with E-state index >= 15 is 0 Å². The highest BCUT2D eigenvalue weighted by Gasteiger charge is 2.10. The first-order valence-corrected chi connectivity index (χ1v) is 7.95. The van der Waals surface area contributed by atoms with Crippen LogP contribution in [0.5, 0.6) is 5.75 Å². The zero-order valence-electron chi connectivity index (χ0n) is 12.1. The second kappa shape index (κ2) is 6.29. The molecule has 3 heteroatoms. The lowest BCUT2D eigenvalue weighted by Crippen LogP contribution is -2.09. The van der Waals surface area contributed by atoms with E-state index in [2.05, 4.69) is 42.5 Å². The Bertz CT molecular complexity index is 684. The standard InChI is InChI=1S/C18H19NOS/c1-20-15-9-6-13(7-10-15)8-11-16(19)18-12-14-4-2-3-5-17(14)21-18/h2-7,9-10,12,16H,8,11,19H2,1H3. The molecule has 0 bridgehead atoms. The molecule has 0 aliphatic carbocycles. The van der Waals surface area contributed by atoms with Crippen molar-refractivity contribution in [3.8, 4) is 5.75 Å². The van der Waals surface area contributed by atoms with Gasteiger partial charge in [-0.15, -0.1) is 11.3 Å². The van der Waals surface area contributed by atoms with Gasteiger partial charge in [0.25, 0.3) is 0 Å². The van der Waals surface area contributed by atoms with Crippen LogP contribution in [0, 0.1) is 0 Å². The number of hydrogen-bond acceptors (Lipinski definition) is 3. The molecule has 0 radical (unpaired) electrons. The predicted octanol–water partition coefficient (Wildman–Crippen LogP) is 4.54. The summed E-state index contributed by atoms with van der Waals surface area (Å²) >= 11 is 1.80. The lowest BCUT2D eigenvalue weighted by molar-refractivity contribution is 0.414. The molecule has 2 aromatic carbocycles. The molecule has 108 valence electrons. The van der Waals surface area contributed by atoms with E-state index in [1.807, 2.05) is 12.1 Å². The molecule has 0 saturated heterocycles. The summed E-state index contributed by atoms with van der Waals surface area (Å²) in [4.78, 5) is 1.27. The van der Waals surface area contributed by atoms with E-state index in [0.717, 1.165) is 18.6 Å². The predicted molar refractivity (Wildman–Crippen MR) is 90.1 cm³/mol. The highest BCUT2D eigenvalue weighted by atomic mass is 32.1. The Balaban J connectivity index is 1.66. The van der Waals surface area contributed by atoms with Crippen LogP contribution in [-0.4, -0.2) is 7.11 Å². The molecule has 1 aromatic heterocycles. The maximum Gasteiger partial charge on any atom is 0.118 e. The number of fused-ring (bicyclic) bond motifs is 1. The van der Waals surface area contributed by atoms with Crippen LogP contribution in [0.15, 0.2) is 54.6 Å². The average molecular weight is 297 g/mol. The summed E-state index contributed by atoms with van der Waals surface area (Å²) < 4.78 is 6.49. The van der Waals surface area contributed by atoms with Gasteiger partial charge in [0, 0.05) is 15.6 Å². The number of thiophene rings is 1. The van der Waals surface area contributed by atoms with Crippen LogP contribution < -0.4 is 10.5 Å². The van der Waals surface area contributed by atoms with Crippen molar-refractivity contribution in [2.75, 3.05) is 7.11 Å². The third-order valence-electron chi connectivity index (χ3n) is 3.71. The van der Waals surface area contributed by atoms with E-state index in [-0.39, 0.29) is 6.04 Å². The van der Waals surface area contributed by atoms with E-state index in [0.29, 0.717) is 0 Å². The number of nitrogens with two attached hydrogens (primary N) is 1. The van der Waals surface area contributed by atoms with Crippen LogP contribution in [0.1, 0.15) is 22.9 Å². The molecule has 2 nitrogen and oxygen atoms in total. The fraction of sp³-hybridized carbons (Fsp3) is 0.222. The summed E-state index contributed by atoms with van der Waals surface area (Å²) in [6.07, 6.45) is 1.94. The molecule has 0 amide bonds. The maximum absolute atomic E-state index is 6.35. The Kier molecular flexibility index (Phi) is 4.23. The first-order chi connectivity index (χ1) is 10.3. The van der Waals surface area contributed by atoms with Gasteiger partial charge in [0.15, 0.2) is 0 Å². The Morgan fingerprint density at radius 3 is 2.57 bits per heavy atom. The summed E-state index contributed by atoms with van der Waals surface area (Å²) in [6, 6.07) is 19.0. The number of rotatable bonds is 5. The minimum absolute atomic E-state index is 0.101. The fourth-order valence-electron chi connectivity index (χ4n) is 2.44.